The highest BCUT2D eigenvalue weighted by atomic mass is 32.2. The number of nitrogens with zero attached hydrogens (tertiary/aromatic N) is 2. The number of amidine groups is 1. The number of likely N-dealkylation sites (tertiary alicyclic amines) is 1. The van der Waals surface area contributed by atoms with E-state index in [1.54, 1.807) is 0 Å². The lowest BCUT2D eigenvalue weighted by Gasteiger charge is -2.46. The standard InChI is InChI=1S/C22H30N4O6S3/c1-11(2)6-7-26-17-13-5-4-12(8-13)15(17)18(27)16(22(26)28)20-24-21-19(35(31,32)25-20)14(10-33-21)9-23-34(3,29)30/h10-13,15-17,23H,4-9H2,1-3H3,(H,24,25)/t12-,13+,15+,16?,17-/m0/s1. The normalized spacial score (nSPS) is 31.4. The molecule has 2 bridgehead atoms. The number of amides is 1. The molecular weight excluding hydrogens is 512 g/mol. The number of thiophene rings is 1. The van der Waals surface area contributed by atoms with Gasteiger partial charge in [0.15, 0.2) is 11.7 Å². The third-order valence-electron chi connectivity index (χ3n) is 7.66. The monoisotopic (exact) mass is 542 g/mol. The van der Waals surface area contributed by atoms with Crippen LogP contribution in [0.1, 0.15) is 45.1 Å². The Morgan fingerprint density at radius 1 is 1.26 bits per heavy atom. The second kappa shape index (κ2) is 8.63. The molecule has 3 heterocycles. The summed E-state index contributed by atoms with van der Waals surface area (Å²) in [5.41, 5.74) is 0.263. The minimum Gasteiger partial charge on any atom is -0.338 e. The summed E-state index contributed by atoms with van der Waals surface area (Å²) in [4.78, 5) is 29.1. The molecule has 5 rings (SSSR count). The molecule has 10 nitrogen and oxygen atoms in total. The van der Waals surface area contributed by atoms with Crippen molar-refractivity contribution in [2.24, 2.45) is 34.0 Å². The molecule has 2 saturated carbocycles. The number of Topliss-reactive ketones (excluding diaryl/α,β-unsaturated/α-hetero) is 1. The maximum Gasteiger partial charge on any atom is 0.287 e. The van der Waals surface area contributed by atoms with E-state index >= 15 is 0 Å². The van der Waals surface area contributed by atoms with Crippen molar-refractivity contribution in [3.05, 3.63) is 10.9 Å². The van der Waals surface area contributed by atoms with Crippen molar-refractivity contribution in [3.8, 4) is 0 Å². The number of sulfonamides is 2. The van der Waals surface area contributed by atoms with Crippen LogP contribution in [0.2, 0.25) is 0 Å². The lowest BCUT2D eigenvalue weighted by Crippen LogP contribution is -2.62. The first-order valence-corrected chi connectivity index (χ1v) is 16.1. The largest absolute Gasteiger partial charge is 0.338 e. The average Bonchev–Trinajstić information content (AvgIpc) is 3.46. The van der Waals surface area contributed by atoms with Crippen LogP contribution >= 0.6 is 11.3 Å². The van der Waals surface area contributed by atoms with Crippen LogP contribution in [0.4, 0.5) is 5.00 Å². The molecular formula is C22H30N4O6S3. The fourth-order valence-corrected chi connectivity index (χ4v) is 9.23. The minimum atomic E-state index is -4.24. The maximum atomic E-state index is 13.7. The number of nitrogens with one attached hydrogen (secondary N) is 2. The molecule has 1 unspecified atom stereocenters. The molecule has 2 aliphatic carbocycles. The number of rotatable bonds is 7. The number of carbonyl (C=O) groups is 2. The summed E-state index contributed by atoms with van der Waals surface area (Å²) in [6, 6.07) is -0.101. The van der Waals surface area contributed by atoms with Crippen LogP contribution in [0.25, 0.3) is 0 Å². The van der Waals surface area contributed by atoms with Crippen molar-refractivity contribution in [1.29, 1.82) is 0 Å². The van der Waals surface area contributed by atoms with Gasteiger partial charge in [-0.25, -0.2) is 13.1 Å². The second-order valence-corrected chi connectivity index (χ2v) is 14.7. The first kappa shape index (κ1) is 24.8. The Hall–Kier alpha value is -1.83. The quantitative estimate of drug-likeness (QED) is 0.500. The molecule has 0 aromatic carbocycles. The van der Waals surface area contributed by atoms with Crippen molar-refractivity contribution < 1.29 is 26.4 Å². The predicted octanol–water partition coefficient (Wildman–Crippen LogP) is 1.80. The summed E-state index contributed by atoms with van der Waals surface area (Å²) in [5.74, 6) is -1.37. The van der Waals surface area contributed by atoms with Gasteiger partial charge in [-0.05, 0) is 48.8 Å². The summed E-state index contributed by atoms with van der Waals surface area (Å²) in [6.45, 7) is 4.51. The number of ketones is 1. The molecule has 0 radical (unpaired) electrons. The third kappa shape index (κ3) is 4.34. The smallest absolute Gasteiger partial charge is 0.287 e. The predicted molar refractivity (Wildman–Crippen MR) is 132 cm³/mol. The number of hydrogen-bond donors (Lipinski definition) is 2. The summed E-state index contributed by atoms with van der Waals surface area (Å²) < 4.78 is 55.5. The molecule has 1 aromatic heterocycles. The average molecular weight is 543 g/mol. The molecule has 0 spiro atoms. The van der Waals surface area contributed by atoms with E-state index < -0.39 is 26.0 Å². The van der Waals surface area contributed by atoms with E-state index in [9.17, 15) is 26.4 Å². The number of hydrogen-bond acceptors (Lipinski definition) is 8. The van der Waals surface area contributed by atoms with Crippen molar-refractivity contribution in [3.63, 3.8) is 0 Å². The van der Waals surface area contributed by atoms with E-state index in [1.165, 1.54) is 5.38 Å². The van der Waals surface area contributed by atoms with E-state index in [1.807, 2.05) is 4.90 Å². The van der Waals surface area contributed by atoms with Gasteiger partial charge >= 0.3 is 0 Å². The van der Waals surface area contributed by atoms with Crippen molar-refractivity contribution in [2.45, 2.75) is 57.0 Å². The number of piperidine rings is 1. The van der Waals surface area contributed by atoms with Crippen LogP contribution < -0.4 is 10.0 Å². The van der Waals surface area contributed by atoms with Gasteiger partial charge in [-0.2, -0.15) is 8.42 Å². The number of anilines is 1. The van der Waals surface area contributed by atoms with Crippen LogP contribution in [0, 0.1) is 29.6 Å². The first-order chi connectivity index (χ1) is 16.4. The van der Waals surface area contributed by atoms with E-state index in [-0.39, 0.29) is 57.4 Å². The molecule has 5 atom stereocenters. The maximum absolute atomic E-state index is 13.7. The SMILES string of the molecule is CC(C)CCN1C(=O)C(C2=NS(=O)(=O)c3c(CNS(C)(=O)=O)csc3N2)C(=O)[C@@H]2[C@H]3CC[C@H](C3)[C@@H]21. The topological polar surface area (TPSA) is 142 Å². The minimum absolute atomic E-state index is 0.101. The van der Waals surface area contributed by atoms with E-state index in [0.717, 1.165) is 43.3 Å². The third-order valence-corrected chi connectivity index (χ3v) is 10.8. The molecule has 3 fully saturated rings. The summed E-state index contributed by atoms with van der Waals surface area (Å²) in [7, 11) is -7.77. The lowest BCUT2D eigenvalue weighted by atomic mass is 9.73. The Labute approximate surface area is 209 Å². The van der Waals surface area contributed by atoms with Crippen LogP contribution in [0.3, 0.4) is 0 Å². The van der Waals surface area contributed by atoms with Gasteiger partial charge in [0.25, 0.3) is 10.0 Å². The molecule has 1 saturated heterocycles. The summed E-state index contributed by atoms with van der Waals surface area (Å²) in [6.07, 6.45) is 4.70. The van der Waals surface area contributed by atoms with Gasteiger partial charge in [-0.15, -0.1) is 15.7 Å². The van der Waals surface area contributed by atoms with Gasteiger partial charge in [-0.3, -0.25) is 9.59 Å². The Balaban J connectivity index is 1.48. The molecule has 2 N–H and O–H groups in total. The zero-order valence-corrected chi connectivity index (χ0v) is 22.3. The van der Waals surface area contributed by atoms with Gasteiger partial charge in [0.1, 0.15) is 15.7 Å². The highest BCUT2D eigenvalue weighted by Crippen LogP contribution is 2.54. The van der Waals surface area contributed by atoms with E-state index in [4.69, 9.17) is 0 Å². The fraction of sp³-hybridized carbons (Fsp3) is 0.682. The molecule has 2 aliphatic heterocycles. The Kier molecular flexibility index (Phi) is 6.13. The number of carbonyl (C=O) groups excluding carboxylic acids is 2. The van der Waals surface area contributed by atoms with E-state index in [0.29, 0.717) is 18.4 Å². The highest BCUT2D eigenvalue weighted by molar-refractivity contribution is 7.91. The van der Waals surface area contributed by atoms with Gasteiger partial charge in [-0.1, -0.05) is 13.8 Å². The lowest BCUT2D eigenvalue weighted by molar-refractivity contribution is -0.152. The fourth-order valence-electron chi connectivity index (χ4n) is 6.17. The summed E-state index contributed by atoms with van der Waals surface area (Å²) >= 11 is 1.08. The molecule has 4 aliphatic rings. The van der Waals surface area contributed by atoms with Gasteiger partial charge in [0, 0.05) is 30.6 Å². The van der Waals surface area contributed by atoms with Crippen molar-refractivity contribution in [1.82, 2.24) is 9.62 Å². The zero-order chi connectivity index (χ0) is 25.3. The van der Waals surface area contributed by atoms with Gasteiger partial charge in [0.05, 0.1) is 6.26 Å². The van der Waals surface area contributed by atoms with Gasteiger partial charge in [0.2, 0.25) is 15.9 Å². The van der Waals surface area contributed by atoms with Crippen LogP contribution in [0.15, 0.2) is 14.7 Å². The van der Waals surface area contributed by atoms with Crippen molar-refractivity contribution >= 4 is 53.9 Å². The Bertz CT molecular complexity index is 1320. The van der Waals surface area contributed by atoms with Gasteiger partial charge < -0.3 is 10.2 Å². The molecule has 13 heteroatoms. The second-order valence-electron chi connectivity index (χ2n) is 10.5. The van der Waals surface area contributed by atoms with Crippen LogP contribution in [0.5, 0.6) is 0 Å². The van der Waals surface area contributed by atoms with Crippen LogP contribution in [-0.4, -0.2) is 58.1 Å². The highest BCUT2D eigenvalue weighted by Gasteiger charge is 2.60. The number of fused-ring (bicyclic) bond motifs is 6. The van der Waals surface area contributed by atoms with E-state index in [2.05, 4.69) is 28.3 Å². The summed E-state index contributed by atoms with van der Waals surface area (Å²) in [5, 5.41) is 4.73. The molecule has 35 heavy (non-hydrogen) atoms. The molecule has 1 aromatic rings. The van der Waals surface area contributed by atoms with Crippen LogP contribution in [-0.2, 0) is 36.2 Å². The van der Waals surface area contributed by atoms with Crippen molar-refractivity contribution in [2.75, 3.05) is 18.1 Å². The zero-order valence-electron chi connectivity index (χ0n) is 19.9. The Morgan fingerprint density at radius 2 is 1.97 bits per heavy atom. The molecule has 192 valence electrons. The first-order valence-electron chi connectivity index (χ1n) is 11.9. The molecule has 1 amide bonds. The Morgan fingerprint density at radius 3 is 2.66 bits per heavy atom.